The Labute approximate surface area is 201 Å². The second-order valence-electron chi connectivity index (χ2n) is 10.4. The number of hydrogen-bond acceptors (Lipinski definition) is 5. The molecule has 2 fully saturated rings. The second kappa shape index (κ2) is 9.74. The van der Waals surface area contributed by atoms with Crippen molar-refractivity contribution in [2.75, 3.05) is 39.4 Å². The normalized spacial score (nSPS) is 25.2. The first-order valence-electron chi connectivity index (χ1n) is 13.0. The zero-order chi connectivity index (χ0) is 23.7. The van der Waals surface area contributed by atoms with Gasteiger partial charge in [-0.25, -0.2) is 0 Å². The number of aryl methyl sites for hydroxylation is 1. The number of ether oxygens (including phenoxy) is 1. The summed E-state index contributed by atoms with van der Waals surface area (Å²) in [5, 5.41) is 3.36. The van der Waals surface area contributed by atoms with E-state index in [0.29, 0.717) is 37.6 Å². The molecule has 3 aliphatic rings. The summed E-state index contributed by atoms with van der Waals surface area (Å²) in [6, 6.07) is 3.98. The lowest BCUT2D eigenvalue weighted by molar-refractivity contribution is -0.134. The summed E-state index contributed by atoms with van der Waals surface area (Å²) in [6.07, 6.45) is 8.10. The van der Waals surface area contributed by atoms with E-state index in [4.69, 9.17) is 9.15 Å². The van der Waals surface area contributed by atoms with Crippen LogP contribution in [0.25, 0.3) is 11.1 Å². The van der Waals surface area contributed by atoms with Crippen molar-refractivity contribution in [3.05, 3.63) is 23.6 Å². The molecule has 34 heavy (non-hydrogen) atoms. The fraction of sp³-hybridized carbons (Fsp3) is 0.692. The monoisotopic (exact) mass is 470 g/mol. The molecular formula is C26H38N4O4. The number of aromatic nitrogens is 1. The number of carbonyl (C=O) groups is 2. The van der Waals surface area contributed by atoms with E-state index in [9.17, 15) is 9.59 Å². The van der Waals surface area contributed by atoms with Crippen molar-refractivity contribution in [3.8, 4) is 0 Å². The van der Waals surface area contributed by atoms with E-state index in [2.05, 4.69) is 10.2 Å². The molecular weight excluding hydrogens is 432 g/mol. The lowest BCUT2D eigenvalue weighted by atomic mass is 9.92. The molecule has 8 nitrogen and oxygen atoms in total. The average molecular weight is 471 g/mol. The third-order valence-corrected chi connectivity index (χ3v) is 7.91. The van der Waals surface area contributed by atoms with Crippen molar-refractivity contribution in [1.82, 2.24) is 19.7 Å². The summed E-state index contributed by atoms with van der Waals surface area (Å²) < 4.78 is 13.3. The Morgan fingerprint density at radius 3 is 2.53 bits per heavy atom. The van der Waals surface area contributed by atoms with Crippen LogP contribution in [0.2, 0.25) is 0 Å². The van der Waals surface area contributed by atoms with Gasteiger partial charge in [0.25, 0.3) is 5.91 Å². The molecule has 1 unspecified atom stereocenters. The second-order valence-corrected chi connectivity index (χ2v) is 10.4. The predicted octanol–water partition coefficient (Wildman–Crippen LogP) is 3.32. The third kappa shape index (κ3) is 4.50. The first-order valence-corrected chi connectivity index (χ1v) is 13.0. The molecule has 1 saturated heterocycles. The van der Waals surface area contributed by atoms with Gasteiger partial charge in [-0.05, 0) is 26.7 Å². The number of furan rings is 1. The van der Waals surface area contributed by atoms with E-state index in [1.807, 2.05) is 35.4 Å². The van der Waals surface area contributed by atoms with E-state index in [-0.39, 0.29) is 17.9 Å². The highest BCUT2D eigenvalue weighted by atomic mass is 16.5. The largest absolute Gasteiger partial charge is 0.460 e. The summed E-state index contributed by atoms with van der Waals surface area (Å²) in [5.41, 5.74) is 1.24. The van der Waals surface area contributed by atoms with Crippen molar-refractivity contribution in [1.29, 1.82) is 0 Å². The van der Waals surface area contributed by atoms with E-state index in [1.54, 1.807) is 0 Å². The van der Waals surface area contributed by atoms with Crippen LogP contribution in [-0.4, -0.2) is 77.2 Å². The number of carbonyl (C=O) groups excluding carboxylic acids is 2. The number of hydrogen-bond donors (Lipinski definition) is 1. The molecule has 2 aliphatic heterocycles. The minimum absolute atomic E-state index is 0.0406. The molecule has 0 radical (unpaired) electrons. The molecule has 2 aromatic heterocycles. The van der Waals surface area contributed by atoms with Gasteiger partial charge in [-0.1, -0.05) is 32.1 Å². The minimum atomic E-state index is -0.962. The third-order valence-electron chi connectivity index (χ3n) is 7.91. The fourth-order valence-electron chi connectivity index (χ4n) is 5.82. The fourth-order valence-corrected chi connectivity index (χ4v) is 5.82. The van der Waals surface area contributed by atoms with Crippen LogP contribution in [0, 0.1) is 6.92 Å². The minimum Gasteiger partial charge on any atom is -0.460 e. The quantitative estimate of drug-likeness (QED) is 0.725. The van der Waals surface area contributed by atoms with Gasteiger partial charge in [0.2, 0.25) is 5.91 Å². The van der Waals surface area contributed by atoms with Gasteiger partial charge < -0.3 is 23.9 Å². The zero-order valence-electron chi connectivity index (χ0n) is 20.6. The topological polar surface area (TPSA) is 80.0 Å². The van der Waals surface area contributed by atoms with Gasteiger partial charge in [0.15, 0.2) is 5.58 Å². The molecule has 2 aromatic rings. The molecule has 1 N–H and O–H groups in total. The smallest absolute Gasteiger partial charge is 0.271 e. The van der Waals surface area contributed by atoms with Crippen molar-refractivity contribution in [2.24, 2.45) is 0 Å². The van der Waals surface area contributed by atoms with E-state index >= 15 is 0 Å². The van der Waals surface area contributed by atoms with Crippen LogP contribution in [0.4, 0.5) is 0 Å². The summed E-state index contributed by atoms with van der Waals surface area (Å²) in [7, 11) is 0. The zero-order valence-corrected chi connectivity index (χ0v) is 20.6. The van der Waals surface area contributed by atoms with Crippen LogP contribution in [0.5, 0.6) is 0 Å². The van der Waals surface area contributed by atoms with Crippen LogP contribution in [-0.2, 0) is 16.1 Å². The highest BCUT2D eigenvalue weighted by molar-refractivity contribution is 6.03. The van der Waals surface area contributed by atoms with E-state index in [0.717, 1.165) is 56.6 Å². The Morgan fingerprint density at radius 2 is 1.79 bits per heavy atom. The summed E-state index contributed by atoms with van der Waals surface area (Å²) in [5.74, 6) is 0.670. The Bertz CT molecular complexity index is 1030. The Kier molecular flexibility index (Phi) is 6.71. The SMILES string of the molecule is Cc1cc2c(cc3n2CC(C)(C(=O)NC2CCCCCCC2)N(CCN2CCOCC2)C3=O)o1. The standard InChI is InChI=1S/C26H38N4O4/c1-19-16-21-23(34-19)17-22-24(31)30(11-10-28-12-14-33-15-13-28)26(2,18-29(21)22)25(32)27-20-8-6-4-3-5-7-9-20/h16-17,20H,3-15,18H2,1-2H3,(H,27,32). The lowest BCUT2D eigenvalue weighted by Crippen LogP contribution is -2.65. The first-order chi connectivity index (χ1) is 16.5. The molecule has 1 saturated carbocycles. The Hall–Kier alpha value is -2.32. The van der Waals surface area contributed by atoms with Crippen molar-refractivity contribution >= 4 is 22.9 Å². The van der Waals surface area contributed by atoms with Crippen molar-refractivity contribution in [3.63, 3.8) is 0 Å². The van der Waals surface area contributed by atoms with Crippen LogP contribution in [0.3, 0.4) is 0 Å². The van der Waals surface area contributed by atoms with Gasteiger partial charge in [-0.2, -0.15) is 0 Å². The van der Waals surface area contributed by atoms with Gasteiger partial charge in [0.1, 0.15) is 17.0 Å². The van der Waals surface area contributed by atoms with Crippen LogP contribution >= 0.6 is 0 Å². The maximum atomic E-state index is 13.9. The highest BCUT2D eigenvalue weighted by Crippen LogP contribution is 2.34. The molecule has 186 valence electrons. The Morgan fingerprint density at radius 1 is 1.09 bits per heavy atom. The van der Waals surface area contributed by atoms with Crippen molar-refractivity contribution in [2.45, 2.75) is 76.9 Å². The van der Waals surface area contributed by atoms with Gasteiger partial charge in [0, 0.05) is 44.4 Å². The molecule has 0 bridgehead atoms. The molecule has 5 rings (SSSR count). The Balaban J connectivity index is 1.42. The summed E-state index contributed by atoms with van der Waals surface area (Å²) in [4.78, 5) is 31.8. The molecule has 1 atom stereocenters. The average Bonchev–Trinajstić information content (AvgIpc) is 3.32. The van der Waals surface area contributed by atoms with Gasteiger partial charge in [0.05, 0.1) is 25.3 Å². The predicted molar refractivity (Wildman–Crippen MR) is 130 cm³/mol. The number of nitrogens with one attached hydrogen (secondary N) is 1. The first kappa shape index (κ1) is 23.4. The number of amides is 2. The summed E-state index contributed by atoms with van der Waals surface area (Å²) in [6.45, 7) is 8.66. The van der Waals surface area contributed by atoms with Crippen molar-refractivity contribution < 1.29 is 18.7 Å². The number of fused-ring (bicyclic) bond motifs is 3. The highest BCUT2D eigenvalue weighted by Gasteiger charge is 2.48. The number of morpholine rings is 1. The van der Waals surface area contributed by atoms with Gasteiger partial charge in [-0.3, -0.25) is 14.5 Å². The molecule has 2 amide bonds. The number of nitrogens with zero attached hydrogens (tertiary/aromatic N) is 3. The molecule has 1 aliphatic carbocycles. The molecule has 4 heterocycles. The number of rotatable bonds is 5. The van der Waals surface area contributed by atoms with Crippen LogP contribution in [0.15, 0.2) is 16.5 Å². The maximum Gasteiger partial charge on any atom is 0.271 e. The molecule has 0 aromatic carbocycles. The van der Waals surface area contributed by atoms with Gasteiger partial charge >= 0.3 is 0 Å². The van der Waals surface area contributed by atoms with E-state index < -0.39 is 5.54 Å². The van der Waals surface area contributed by atoms with Crippen LogP contribution < -0.4 is 5.32 Å². The molecule has 8 heteroatoms. The van der Waals surface area contributed by atoms with E-state index in [1.165, 1.54) is 19.3 Å². The molecule has 0 spiro atoms. The van der Waals surface area contributed by atoms with Crippen LogP contribution in [0.1, 0.15) is 68.1 Å². The lowest BCUT2D eigenvalue weighted by Gasteiger charge is -2.45. The summed E-state index contributed by atoms with van der Waals surface area (Å²) >= 11 is 0. The maximum absolute atomic E-state index is 13.9. The van der Waals surface area contributed by atoms with Gasteiger partial charge in [-0.15, -0.1) is 0 Å².